The van der Waals surface area contributed by atoms with E-state index in [2.05, 4.69) is 0 Å². The average molecular weight is 271 g/mol. The first-order chi connectivity index (χ1) is 9.06. The van der Waals surface area contributed by atoms with Crippen molar-refractivity contribution in [2.75, 3.05) is 26.8 Å². The van der Waals surface area contributed by atoms with Crippen LogP contribution in [-0.2, 0) is 4.79 Å². The molecule has 1 aromatic carbocycles. The quantitative estimate of drug-likeness (QED) is 0.897. The number of aliphatic hydroxyl groups is 1. The minimum atomic E-state index is -0.708. The molecule has 0 aliphatic carbocycles. The van der Waals surface area contributed by atoms with Crippen LogP contribution in [0.2, 0.25) is 0 Å². The van der Waals surface area contributed by atoms with Crippen molar-refractivity contribution in [1.82, 2.24) is 4.90 Å². The molecule has 1 fully saturated rings. The first kappa shape index (κ1) is 13.7. The number of ether oxygens (including phenoxy) is 1. The number of benzene rings is 1. The molecule has 6 heteroatoms. The number of hydrogen-bond acceptors (Lipinski definition) is 3. The van der Waals surface area contributed by atoms with Gasteiger partial charge in [0.2, 0.25) is 5.91 Å². The van der Waals surface area contributed by atoms with Crippen LogP contribution < -0.4 is 4.74 Å². The molecular weight excluding hydrogens is 256 g/mol. The Kier molecular flexibility index (Phi) is 3.99. The van der Waals surface area contributed by atoms with Crippen LogP contribution in [0.1, 0.15) is 17.9 Å². The monoisotopic (exact) mass is 271 g/mol. The van der Waals surface area contributed by atoms with Gasteiger partial charge in [0.15, 0.2) is 0 Å². The summed E-state index contributed by atoms with van der Waals surface area (Å²) in [6.45, 7) is 0.250. The SMILES string of the molecule is COc1cc(F)c(C2CC(=O)N(CCO)C2)c(F)c1. The number of amides is 1. The van der Waals surface area contributed by atoms with E-state index in [-0.39, 0.29) is 43.3 Å². The second-order valence-electron chi connectivity index (χ2n) is 4.47. The van der Waals surface area contributed by atoms with Crippen LogP contribution in [0.3, 0.4) is 0 Å². The third-order valence-corrected chi connectivity index (χ3v) is 3.28. The Bertz CT molecular complexity index is 470. The second-order valence-corrected chi connectivity index (χ2v) is 4.47. The highest BCUT2D eigenvalue weighted by atomic mass is 19.1. The fraction of sp³-hybridized carbons (Fsp3) is 0.462. The molecule has 1 N–H and O–H groups in total. The number of halogens is 2. The maximum atomic E-state index is 13.9. The molecule has 1 aromatic rings. The molecule has 1 aliphatic rings. The Morgan fingerprint density at radius 1 is 1.42 bits per heavy atom. The van der Waals surface area contributed by atoms with Gasteiger partial charge in [0.05, 0.1) is 13.7 Å². The maximum absolute atomic E-state index is 13.9. The summed E-state index contributed by atoms with van der Waals surface area (Å²) in [5, 5.41) is 8.82. The zero-order chi connectivity index (χ0) is 14.0. The minimum Gasteiger partial charge on any atom is -0.497 e. The molecule has 4 nitrogen and oxygen atoms in total. The number of carbonyl (C=O) groups is 1. The van der Waals surface area contributed by atoms with E-state index in [9.17, 15) is 13.6 Å². The lowest BCUT2D eigenvalue weighted by Gasteiger charge is -2.16. The fourth-order valence-corrected chi connectivity index (χ4v) is 2.37. The van der Waals surface area contributed by atoms with Gasteiger partial charge in [0.25, 0.3) is 0 Å². The standard InChI is InChI=1S/C13H15F2NO3/c1-19-9-5-10(14)13(11(15)6-9)8-4-12(18)16(7-8)2-3-17/h5-6,8,17H,2-4,7H2,1H3. The van der Waals surface area contributed by atoms with E-state index in [4.69, 9.17) is 9.84 Å². The largest absolute Gasteiger partial charge is 0.497 e. The van der Waals surface area contributed by atoms with Gasteiger partial charge in [-0.2, -0.15) is 0 Å². The van der Waals surface area contributed by atoms with E-state index in [0.717, 1.165) is 12.1 Å². The van der Waals surface area contributed by atoms with E-state index in [0.29, 0.717) is 0 Å². The summed E-state index contributed by atoms with van der Waals surface area (Å²) in [6.07, 6.45) is 0.0557. The second kappa shape index (κ2) is 5.52. The molecule has 0 radical (unpaired) electrons. The molecule has 0 aromatic heterocycles. The Morgan fingerprint density at radius 2 is 2.05 bits per heavy atom. The summed E-state index contributed by atoms with van der Waals surface area (Å²) in [5.41, 5.74) is -0.0883. The predicted molar refractivity (Wildman–Crippen MR) is 63.9 cm³/mol. The number of β-amino-alcohol motifs (C(OH)–C–C–N with tert-alkyl or cyclic N) is 1. The number of methoxy groups -OCH3 is 1. The normalized spacial score (nSPS) is 19.1. The van der Waals surface area contributed by atoms with Crippen molar-refractivity contribution in [3.8, 4) is 5.75 Å². The molecule has 1 heterocycles. The fourth-order valence-electron chi connectivity index (χ4n) is 2.37. The molecule has 0 saturated carbocycles. The number of hydrogen-bond donors (Lipinski definition) is 1. The van der Waals surface area contributed by atoms with Crippen LogP contribution in [-0.4, -0.2) is 42.7 Å². The van der Waals surface area contributed by atoms with E-state index in [1.54, 1.807) is 0 Å². The first-order valence-corrected chi connectivity index (χ1v) is 5.98. The Morgan fingerprint density at radius 3 is 2.58 bits per heavy atom. The number of rotatable bonds is 4. The van der Waals surface area contributed by atoms with Crippen molar-refractivity contribution in [1.29, 1.82) is 0 Å². The summed E-state index contributed by atoms with van der Waals surface area (Å²) in [4.78, 5) is 13.0. The number of likely N-dealkylation sites (tertiary alicyclic amines) is 1. The summed E-state index contributed by atoms with van der Waals surface area (Å²) >= 11 is 0. The third kappa shape index (κ3) is 2.68. The van der Waals surface area contributed by atoms with Crippen LogP contribution in [0.5, 0.6) is 5.75 Å². The summed E-state index contributed by atoms with van der Waals surface area (Å²) in [6, 6.07) is 2.22. The molecule has 0 spiro atoms. The minimum absolute atomic E-state index is 0.0557. The highest BCUT2D eigenvalue weighted by Crippen LogP contribution is 2.33. The highest BCUT2D eigenvalue weighted by molar-refractivity contribution is 5.79. The van der Waals surface area contributed by atoms with E-state index in [1.165, 1.54) is 12.0 Å². The Labute approximate surface area is 109 Å². The van der Waals surface area contributed by atoms with Gasteiger partial charge in [-0.05, 0) is 0 Å². The third-order valence-electron chi connectivity index (χ3n) is 3.28. The van der Waals surface area contributed by atoms with Crippen LogP contribution in [0.4, 0.5) is 8.78 Å². The average Bonchev–Trinajstić information content (AvgIpc) is 2.70. The maximum Gasteiger partial charge on any atom is 0.223 e. The van der Waals surface area contributed by atoms with Crippen LogP contribution in [0.15, 0.2) is 12.1 Å². The van der Waals surface area contributed by atoms with Gasteiger partial charge in [0, 0.05) is 43.1 Å². The van der Waals surface area contributed by atoms with Gasteiger partial charge in [-0.15, -0.1) is 0 Å². The molecular formula is C13H15F2NO3. The molecule has 1 aliphatic heterocycles. The predicted octanol–water partition coefficient (Wildman–Crippen LogP) is 1.28. The van der Waals surface area contributed by atoms with Gasteiger partial charge in [-0.3, -0.25) is 4.79 Å². The molecule has 19 heavy (non-hydrogen) atoms. The zero-order valence-corrected chi connectivity index (χ0v) is 10.5. The van der Waals surface area contributed by atoms with Crippen molar-refractivity contribution in [2.24, 2.45) is 0 Å². The smallest absolute Gasteiger partial charge is 0.223 e. The summed E-state index contributed by atoms with van der Waals surface area (Å²) < 4.78 is 32.6. The first-order valence-electron chi connectivity index (χ1n) is 5.98. The van der Waals surface area contributed by atoms with Crippen LogP contribution in [0, 0.1) is 11.6 Å². The molecule has 1 saturated heterocycles. The van der Waals surface area contributed by atoms with Crippen molar-refractivity contribution in [3.05, 3.63) is 29.3 Å². The lowest BCUT2D eigenvalue weighted by molar-refractivity contribution is -0.128. The molecule has 104 valence electrons. The van der Waals surface area contributed by atoms with Crippen molar-refractivity contribution in [3.63, 3.8) is 0 Å². The molecule has 2 rings (SSSR count). The highest BCUT2D eigenvalue weighted by Gasteiger charge is 2.33. The van der Waals surface area contributed by atoms with E-state index in [1.807, 2.05) is 0 Å². The molecule has 1 atom stereocenters. The van der Waals surface area contributed by atoms with Crippen molar-refractivity contribution in [2.45, 2.75) is 12.3 Å². The lowest BCUT2D eigenvalue weighted by Crippen LogP contribution is -2.28. The van der Waals surface area contributed by atoms with Gasteiger partial charge in [-0.25, -0.2) is 8.78 Å². The van der Waals surface area contributed by atoms with Crippen molar-refractivity contribution < 1.29 is 23.4 Å². The van der Waals surface area contributed by atoms with Crippen molar-refractivity contribution >= 4 is 5.91 Å². The number of aliphatic hydroxyl groups excluding tert-OH is 1. The van der Waals surface area contributed by atoms with Gasteiger partial charge >= 0.3 is 0 Å². The number of carbonyl (C=O) groups excluding carboxylic acids is 1. The van der Waals surface area contributed by atoms with E-state index >= 15 is 0 Å². The number of nitrogens with zero attached hydrogens (tertiary/aromatic N) is 1. The van der Waals surface area contributed by atoms with Crippen LogP contribution >= 0.6 is 0 Å². The Hall–Kier alpha value is -1.69. The molecule has 0 bridgehead atoms. The molecule has 1 unspecified atom stereocenters. The Balaban J connectivity index is 2.26. The van der Waals surface area contributed by atoms with Gasteiger partial charge < -0.3 is 14.7 Å². The zero-order valence-electron chi connectivity index (χ0n) is 10.5. The topological polar surface area (TPSA) is 49.8 Å². The van der Waals surface area contributed by atoms with E-state index < -0.39 is 17.6 Å². The summed E-state index contributed by atoms with van der Waals surface area (Å²) in [5.74, 6) is -2.03. The summed E-state index contributed by atoms with van der Waals surface area (Å²) in [7, 11) is 1.33. The van der Waals surface area contributed by atoms with Gasteiger partial charge in [0.1, 0.15) is 17.4 Å². The lowest BCUT2D eigenvalue weighted by atomic mass is 9.97. The van der Waals surface area contributed by atoms with Gasteiger partial charge in [-0.1, -0.05) is 0 Å². The van der Waals surface area contributed by atoms with Crippen LogP contribution in [0.25, 0.3) is 0 Å². The molecule has 1 amide bonds.